The number of benzene rings is 1. The molecule has 4 rings (SSSR count). The molecule has 2 N–H and O–H groups in total. The Morgan fingerprint density at radius 2 is 1.87 bits per heavy atom. The Labute approximate surface area is 136 Å². The standard InChI is InChI=1S/C18H23N3O2/c22-16-12-15(13-4-2-1-3-5-13)18(20-16)8-10-21(11-9-18)17(23)19-14-6-7-14/h1-5,14-15H,6-12H2,(H,19,23)(H,20,22). The maximum Gasteiger partial charge on any atom is 0.317 e. The van der Waals surface area contributed by atoms with Crippen molar-refractivity contribution >= 4 is 11.9 Å². The second-order valence-corrected chi connectivity index (χ2v) is 7.08. The molecule has 3 aliphatic rings. The Balaban J connectivity index is 1.47. The molecule has 1 aromatic carbocycles. The minimum absolute atomic E-state index is 0.0583. The molecule has 2 aliphatic heterocycles. The monoisotopic (exact) mass is 313 g/mol. The number of piperidine rings is 1. The second-order valence-electron chi connectivity index (χ2n) is 7.08. The average Bonchev–Trinajstić information content (AvgIpc) is 3.32. The third-order valence-corrected chi connectivity index (χ3v) is 5.49. The van der Waals surface area contributed by atoms with Crippen molar-refractivity contribution < 1.29 is 9.59 Å². The van der Waals surface area contributed by atoms with Crippen LogP contribution in [0.25, 0.3) is 0 Å². The Bertz CT molecular complexity index is 604. The normalized spacial score (nSPS) is 26.2. The molecule has 5 nitrogen and oxygen atoms in total. The lowest BCUT2D eigenvalue weighted by Crippen LogP contribution is -2.56. The number of likely N-dealkylation sites (tertiary alicyclic amines) is 1. The van der Waals surface area contributed by atoms with Crippen LogP contribution in [0.15, 0.2) is 30.3 Å². The van der Waals surface area contributed by atoms with Crippen LogP contribution >= 0.6 is 0 Å². The third kappa shape index (κ3) is 2.80. The van der Waals surface area contributed by atoms with Gasteiger partial charge in [0.05, 0.1) is 5.54 Å². The highest BCUT2D eigenvalue weighted by atomic mass is 16.2. The minimum Gasteiger partial charge on any atom is -0.350 e. The summed E-state index contributed by atoms with van der Waals surface area (Å²) in [5.41, 5.74) is 1.04. The summed E-state index contributed by atoms with van der Waals surface area (Å²) in [4.78, 5) is 26.2. The number of hydrogen-bond acceptors (Lipinski definition) is 2. The molecule has 0 aromatic heterocycles. The van der Waals surface area contributed by atoms with Gasteiger partial charge in [0.1, 0.15) is 0 Å². The van der Waals surface area contributed by atoms with Crippen LogP contribution in [0.1, 0.15) is 43.6 Å². The minimum atomic E-state index is -0.186. The highest BCUT2D eigenvalue weighted by molar-refractivity contribution is 5.82. The Morgan fingerprint density at radius 3 is 2.52 bits per heavy atom. The zero-order valence-electron chi connectivity index (χ0n) is 13.3. The van der Waals surface area contributed by atoms with E-state index in [0.717, 1.165) is 25.7 Å². The molecular formula is C18H23N3O2. The summed E-state index contributed by atoms with van der Waals surface area (Å²) < 4.78 is 0. The molecule has 2 saturated heterocycles. The number of carbonyl (C=O) groups is 2. The molecule has 1 unspecified atom stereocenters. The predicted molar refractivity (Wildman–Crippen MR) is 87.0 cm³/mol. The number of nitrogens with one attached hydrogen (secondary N) is 2. The van der Waals surface area contributed by atoms with Gasteiger partial charge in [0.25, 0.3) is 0 Å². The first kappa shape index (κ1) is 14.5. The number of rotatable bonds is 2. The van der Waals surface area contributed by atoms with Crippen LogP contribution in [0.5, 0.6) is 0 Å². The van der Waals surface area contributed by atoms with Gasteiger partial charge in [-0.05, 0) is 31.2 Å². The molecule has 2 heterocycles. The van der Waals surface area contributed by atoms with Gasteiger partial charge in [-0.25, -0.2) is 4.79 Å². The van der Waals surface area contributed by atoms with E-state index in [-0.39, 0.29) is 23.4 Å². The highest BCUT2D eigenvalue weighted by Gasteiger charge is 2.49. The van der Waals surface area contributed by atoms with E-state index in [1.165, 1.54) is 5.56 Å². The van der Waals surface area contributed by atoms with E-state index < -0.39 is 0 Å². The van der Waals surface area contributed by atoms with Crippen LogP contribution in [0.3, 0.4) is 0 Å². The third-order valence-electron chi connectivity index (χ3n) is 5.49. The van der Waals surface area contributed by atoms with Gasteiger partial charge in [-0.15, -0.1) is 0 Å². The Morgan fingerprint density at radius 1 is 1.17 bits per heavy atom. The van der Waals surface area contributed by atoms with Crippen molar-refractivity contribution in [1.29, 1.82) is 0 Å². The maximum absolute atomic E-state index is 12.2. The van der Waals surface area contributed by atoms with Crippen LogP contribution in [0.2, 0.25) is 0 Å². The van der Waals surface area contributed by atoms with Gasteiger partial charge < -0.3 is 15.5 Å². The van der Waals surface area contributed by atoms with Crippen molar-refractivity contribution in [2.24, 2.45) is 0 Å². The highest BCUT2D eigenvalue weighted by Crippen LogP contribution is 2.43. The molecule has 122 valence electrons. The van der Waals surface area contributed by atoms with E-state index in [0.29, 0.717) is 25.6 Å². The summed E-state index contributed by atoms with van der Waals surface area (Å²) in [6.45, 7) is 1.42. The van der Waals surface area contributed by atoms with E-state index in [9.17, 15) is 9.59 Å². The van der Waals surface area contributed by atoms with Crippen LogP contribution in [0, 0.1) is 0 Å². The van der Waals surface area contributed by atoms with Gasteiger partial charge in [-0.2, -0.15) is 0 Å². The quantitative estimate of drug-likeness (QED) is 0.877. The molecule has 0 radical (unpaired) electrons. The zero-order chi connectivity index (χ0) is 15.9. The van der Waals surface area contributed by atoms with Gasteiger partial charge in [0, 0.05) is 31.5 Å². The lowest BCUT2D eigenvalue weighted by Gasteiger charge is -2.42. The molecule has 1 spiro atoms. The van der Waals surface area contributed by atoms with E-state index in [2.05, 4.69) is 22.8 Å². The van der Waals surface area contributed by atoms with E-state index >= 15 is 0 Å². The first-order chi connectivity index (χ1) is 11.2. The summed E-state index contributed by atoms with van der Waals surface area (Å²) in [5, 5.41) is 6.29. The molecule has 1 atom stereocenters. The van der Waals surface area contributed by atoms with Gasteiger partial charge in [-0.1, -0.05) is 30.3 Å². The lowest BCUT2D eigenvalue weighted by molar-refractivity contribution is -0.120. The van der Waals surface area contributed by atoms with E-state index in [4.69, 9.17) is 0 Å². The fraction of sp³-hybridized carbons (Fsp3) is 0.556. The SMILES string of the molecule is O=C1CC(c2ccccc2)C2(CCN(C(=O)NC3CC3)CC2)N1. The number of urea groups is 1. The largest absolute Gasteiger partial charge is 0.350 e. The summed E-state index contributed by atoms with van der Waals surface area (Å²) in [5.74, 6) is 0.347. The number of carbonyl (C=O) groups excluding carboxylic acids is 2. The molecule has 3 fully saturated rings. The number of nitrogens with zero attached hydrogens (tertiary/aromatic N) is 1. The summed E-state index contributed by atoms with van der Waals surface area (Å²) in [6, 6.07) is 10.7. The molecule has 1 aromatic rings. The number of amides is 3. The summed E-state index contributed by atoms with van der Waals surface area (Å²) >= 11 is 0. The van der Waals surface area contributed by atoms with Crippen molar-refractivity contribution in [2.45, 2.75) is 49.6 Å². The van der Waals surface area contributed by atoms with Gasteiger partial charge >= 0.3 is 6.03 Å². The van der Waals surface area contributed by atoms with Crippen molar-refractivity contribution in [1.82, 2.24) is 15.5 Å². The Hall–Kier alpha value is -2.04. The molecule has 23 heavy (non-hydrogen) atoms. The van der Waals surface area contributed by atoms with Crippen molar-refractivity contribution in [3.05, 3.63) is 35.9 Å². The van der Waals surface area contributed by atoms with Gasteiger partial charge in [-0.3, -0.25) is 4.79 Å². The molecule has 1 saturated carbocycles. The fourth-order valence-electron chi connectivity index (χ4n) is 3.99. The molecular weight excluding hydrogens is 290 g/mol. The van der Waals surface area contributed by atoms with E-state index in [1.807, 2.05) is 23.1 Å². The topological polar surface area (TPSA) is 61.4 Å². The van der Waals surface area contributed by atoms with Crippen molar-refractivity contribution in [3.8, 4) is 0 Å². The van der Waals surface area contributed by atoms with Crippen LogP contribution in [0.4, 0.5) is 4.79 Å². The van der Waals surface area contributed by atoms with Crippen LogP contribution in [-0.2, 0) is 4.79 Å². The molecule has 0 bridgehead atoms. The summed E-state index contributed by atoms with van der Waals surface area (Å²) in [7, 11) is 0. The lowest BCUT2D eigenvalue weighted by atomic mass is 9.74. The summed E-state index contributed by atoms with van der Waals surface area (Å²) in [6.07, 6.45) is 4.43. The molecule has 1 aliphatic carbocycles. The van der Waals surface area contributed by atoms with Crippen molar-refractivity contribution in [2.75, 3.05) is 13.1 Å². The first-order valence-corrected chi connectivity index (χ1v) is 8.58. The zero-order valence-corrected chi connectivity index (χ0v) is 13.3. The maximum atomic E-state index is 12.2. The van der Waals surface area contributed by atoms with Gasteiger partial charge in [0.2, 0.25) is 5.91 Å². The molecule has 3 amide bonds. The second kappa shape index (κ2) is 5.55. The molecule has 5 heteroatoms. The van der Waals surface area contributed by atoms with Crippen LogP contribution in [-0.4, -0.2) is 41.5 Å². The van der Waals surface area contributed by atoms with Gasteiger partial charge in [0.15, 0.2) is 0 Å². The Kier molecular flexibility index (Phi) is 3.51. The average molecular weight is 313 g/mol. The first-order valence-electron chi connectivity index (χ1n) is 8.58. The predicted octanol–water partition coefficient (Wildman–Crippen LogP) is 2.00. The fourth-order valence-corrected chi connectivity index (χ4v) is 3.99. The smallest absolute Gasteiger partial charge is 0.317 e. The number of hydrogen-bond donors (Lipinski definition) is 2. The van der Waals surface area contributed by atoms with Crippen LogP contribution < -0.4 is 10.6 Å². The van der Waals surface area contributed by atoms with Crippen molar-refractivity contribution in [3.63, 3.8) is 0 Å². The van der Waals surface area contributed by atoms with E-state index in [1.54, 1.807) is 0 Å².